The first kappa shape index (κ1) is 12.7. The summed E-state index contributed by atoms with van der Waals surface area (Å²) in [6, 6.07) is 11.0. The van der Waals surface area contributed by atoms with Crippen LogP contribution in [0.15, 0.2) is 42.5 Å². The standard InChI is InChI=1S/C15H15F2N/c1-10-2-4-11(5-3-10)8-15(18)13-7-6-12(16)9-14(13)17/h2-7,9,15H,8,18H2,1H3. The van der Waals surface area contributed by atoms with Crippen LogP contribution in [0.2, 0.25) is 0 Å². The van der Waals surface area contributed by atoms with Crippen LogP contribution < -0.4 is 5.73 Å². The molecule has 0 saturated carbocycles. The molecule has 0 spiro atoms. The first-order valence-electron chi connectivity index (χ1n) is 5.82. The fourth-order valence-electron chi connectivity index (χ4n) is 1.89. The summed E-state index contributed by atoms with van der Waals surface area (Å²) in [4.78, 5) is 0. The Bertz CT molecular complexity index is 535. The van der Waals surface area contributed by atoms with E-state index in [1.54, 1.807) is 0 Å². The molecule has 2 rings (SSSR count). The normalized spacial score (nSPS) is 12.4. The van der Waals surface area contributed by atoms with Crippen molar-refractivity contribution in [1.29, 1.82) is 0 Å². The fraction of sp³-hybridized carbons (Fsp3) is 0.200. The smallest absolute Gasteiger partial charge is 0.130 e. The summed E-state index contributed by atoms with van der Waals surface area (Å²) in [5.74, 6) is -1.17. The molecule has 0 radical (unpaired) electrons. The van der Waals surface area contributed by atoms with Gasteiger partial charge in [0.2, 0.25) is 0 Å². The molecule has 0 saturated heterocycles. The zero-order chi connectivity index (χ0) is 13.1. The molecule has 2 aromatic carbocycles. The van der Waals surface area contributed by atoms with Gasteiger partial charge >= 0.3 is 0 Å². The summed E-state index contributed by atoms with van der Waals surface area (Å²) < 4.78 is 26.3. The molecule has 1 unspecified atom stereocenters. The van der Waals surface area contributed by atoms with Gasteiger partial charge in [-0.25, -0.2) is 8.78 Å². The number of halogens is 2. The number of rotatable bonds is 3. The molecule has 2 N–H and O–H groups in total. The number of aryl methyl sites for hydroxylation is 1. The zero-order valence-corrected chi connectivity index (χ0v) is 10.2. The van der Waals surface area contributed by atoms with Gasteiger partial charge in [0.05, 0.1) is 0 Å². The van der Waals surface area contributed by atoms with Crippen molar-refractivity contribution in [3.8, 4) is 0 Å². The van der Waals surface area contributed by atoms with Crippen LogP contribution in [0, 0.1) is 18.6 Å². The molecule has 3 heteroatoms. The fourth-order valence-corrected chi connectivity index (χ4v) is 1.89. The van der Waals surface area contributed by atoms with Gasteiger partial charge in [0.25, 0.3) is 0 Å². The Morgan fingerprint density at radius 3 is 2.33 bits per heavy atom. The van der Waals surface area contributed by atoms with Gasteiger partial charge in [-0.05, 0) is 25.0 Å². The minimum absolute atomic E-state index is 0.344. The first-order valence-corrected chi connectivity index (χ1v) is 5.82. The maximum atomic E-state index is 13.5. The van der Waals surface area contributed by atoms with E-state index in [-0.39, 0.29) is 0 Å². The van der Waals surface area contributed by atoms with Crippen LogP contribution in [0.5, 0.6) is 0 Å². The van der Waals surface area contributed by atoms with Gasteiger partial charge in [-0.3, -0.25) is 0 Å². The molecule has 0 aliphatic carbocycles. The second-order valence-corrected chi connectivity index (χ2v) is 4.46. The lowest BCUT2D eigenvalue weighted by Crippen LogP contribution is -2.15. The number of hydrogen-bond donors (Lipinski definition) is 1. The predicted molar refractivity (Wildman–Crippen MR) is 68.2 cm³/mol. The Morgan fingerprint density at radius 1 is 1.06 bits per heavy atom. The minimum Gasteiger partial charge on any atom is -0.324 e. The van der Waals surface area contributed by atoms with Gasteiger partial charge in [-0.15, -0.1) is 0 Å². The molecule has 0 amide bonds. The van der Waals surface area contributed by atoms with Crippen LogP contribution in [0.4, 0.5) is 8.78 Å². The second-order valence-electron chi connectivity index (χ2n) is 4.46. The SMILES string of the molecule is Cc1ccc(CC(N)c2ccc(F)cc2F)cc1. The van der Waals surface area contributed by atoms with E-state index in [1.807, 2.05) is 31.2 Å². The van der Waals surface area contributed by atoms with E-state index in [0.29, 0.717) is 12.0 Å². The Balaban J connectivity index is 2.16. The van der Waals surface area contributed by atoms with Crippen molar-refractivity contribution in [3.05, 3.63) is 70.8 Å². The van der Waals surface area contributed by atoms with Crippen molar-refractivity contribution >= 4 is 0 Å². The van der Waals surface area contributed by atoms with Gasteiger partial charge in [0, 0.05) is 17.7 Å². The third-order valence-electron chi connectivity index (χ3n) is 2.94. The van der Waals surface area contributed by atoms with Crippen LogP contribution in [0.25, 0.3) is 0 Å². The number of hydrogen-bond acceptors (Lipinski definition) is 1. The summed E-state index contributed by atoms with van der Waals surface area (Å²) in [5.41, 5.74) is 8.50. The Labute approximate surface area is 105 Å². The Kier molecular flexibility index (Phi) is 3.72. The second kappa shape index (κ2) is 5.27. The quantitative estimate of drug-likeness (QED) is 0.882. The van der Waals surface area contributed by atoms with E-state index in [2.05, 4.69) is 0 Å². The van der Waals surface area contributed by atoms with Gasteiger partial charge in [-0.1, -0.05) is 35.9 Å². The van der Waals surface area contributed by atoms with E-state index < -0.39 is 17.7 Å². The lowest BCUT2D eigenvalue weighted by atomic mass is 9.98. The average molecular weight is 247 g/mol. The molecule has 1 atom stereocenters. The third kappa shape index (κ3) is 2.93. The van der Waals surface area contributed by atoms with Crippen LogP contribution in [0.3, 0.4) is 0 Å². The molecule has 0 fully saturated rings. The van der Waals surface area contributed by atoms with E-state index >= 15 is 0 Å². The highest BCUT2D eigenvalue weighted by Crippen LogP contribution is 2.20. The number of nitrogens with two attached hydrogens (primary N) is 1. The molecular formula is C15H15F2N. The highest BCUT2D eigenvalue weighted by atomic mass is 19.1. The first-order chi connectivity index (χ1) is 8.56. The van der Waals surface area contributed by atoms with Crippen molar-refractivity contribution < 1.29 is 8.78 Å². The summed E-state index contributed by atoms with van der Waals surface area (Å²) in [5, 5.41) is 0. The summed E-state index contributed by atoms with van der Waals surface area (Å²) in [6.45, 7) is 2.00. The largest absolute Gasteiger partial charge is 0.324 e. The van der Waals surface area contributed by atoms with Crippen molar-refractivity contribution in [3.63, 3.8) is 0 Å². The van der Waals surface area contributed by atoms with E-state index in [9.17, 15) is 8.78 Å². The van der Waals surface area contributed by atoms with Crippen molar-refractivity contribution in [2.75, 3.05) is 0 Å². The molecule has 0 bridgehead atoms. The van der Waals surface area contributed by atoms with Gasteiger partial charge in [0.1, 0.15) is 11.6 Å². The van der Waals surface area contributed by atoms with E-state index in [1.165, 1.54) is 17.7 Å². The lowest BCUT2D eigenvalue weighted by molar-refractivity contribution is 0.554. The molecule has 1 nitrogen and oxygen atoms in total. The van der Waals surface area contributed by atoms with Crippen molar-refractivity contribution in [1.82, 2.24) is 0 Å². The molecule has 0 heterocycles. The van der Waals surface area contributed by atoms with Gasteiger partial charge in [0.15, 0.2) is 0 Å². The van der Waals surface area contributed by atoms with Crippen molar-refractivity contribution in [2.24, 2.45) is 5.73 Å². The van der Waals surface area contributed by atoms with Crippen LogP contribution in [-0.2, 0) is 6.42 Å². The van der Waals surface area contributed by atoms with Crippen LogP contribution >= 0.6 is 0 Å². The summed E-state index contributed by atoms with van der Waals surface area (Å²) in [7, 11) is 0. The minimum atomic E-state index is -0.588. The zero-order valence-electron chi connectivity index (χ0n) is 10.2. The van der Waals surface area contributed by atoms with E-state index in [4.69, 9.17) is 5.73 Å². The Hall–Kier alpha value is -1.74. The molecule has 0 aliphatic rings. The van der Waals surface area contributed by atoms with Gasteiger partial charge < -0.3 is 5.73 Å². The molecule has 0 aliphatic heterocycles. The highest BCUT2D eigenvalue weighted by Gasteiger charge is 2.12. The Morgan fingerprint density at radius 2 is 1.72 bits per heavy atom. The van der Waals surface area contributed by atoms with Crippen molar-refractivity contribution in [2.45, 2.75) is 19.4 Å². The lowest BCUT2D eigenvalue weighted by Gasteiger charge is -2.13. The molecular weight excluding hydrogens is 232 g/mol. The maximum absolute atomic E-state index is 13.5. The average Bonchev–Trinajstić information content (AvgIpc) is 2.32. The van der Waals surface area contributed by atoms with Gasteiger partial charge in [-0.2, -0.15) is 0 Å². The molecule has 0 aromatic heterocycles. The van der Waals surface area contributed by atoms with E-state index in [0.717, 1.165) is 11.6 Å². The molecule has 2 aromatic rings. The monoisotopic (exact) mass is 247 g/mol. The summed E-state index contributed by atoms with van der Waals surface area (Å²) in [6.07, 6.45) is 0.531. The number of benzene rings is 2. The topological polar surface area (TPSA) is 26.0 Å². The van der Waals surface area contributed by atoms with Crippen LogP contribution in [0.1, 0.15) is 22.7 Å². The summed E-state index contributed by atoms with van der Waals surface area (Å²) >= 11 is 0. The van der Waals surface area contributed by atoms with Crippen LogP contribution in [-0.4, -0.2) is 0 Å². The molecule has 18 heavy (non-hydrogen) atoms. The highest BCUT2D eigenvalue weighted by molar-refractivity contribution is 5.27. The third-order valence-corrected chi connectivity index (χ3v) is 2.94. The maximum Gasteiger partial charge on any atom is 0.130 e. The molecule has 94 valence electrons. The predicted octanol–water partition coefficient (Wildman–Crippen LogP) is 3.52.